The van der Waals surface area contributed by atoms with E-state index in [1.165, 1.54) is 0 Å². The van der Waals surface area contributed by atoms with Crippen LogP contribution in [0.2, 0.25) is 0 Å². The number of hydrogen-bond acceptors (Lipinski definition) is 3. The van der Waals surface area contributed by atoms with Crippen LogP contribution in [0.1, 0.15) is 40.0 Å². The molecule has 4 nitrogen and oxygen atoms in total. The molecule has 0 bridgehead atoms. The monoisotopic (exact) mass is 202 g/mol. The van der Waals surface area contributed by atoms with Crippen LogP contribution in [0.5, 0.6) is 0 Å². The average molecular weight is 202 g/mol. The van der Waals surface area contributed by atoms with E-state index in [1.54, 1.807) is 0 Å². The molecular weight excluding hydrogens is 180 g/mol. The zero-order valence-corrected chi connectivity index (χ0v) is 9.36. The zero-order valence-electron chi connectivity index (χ0n) is 9.36. The first-order valence-corrected chi connectivity index (χ1v) is 5.16. The predicted molar refractivity (Wildman–Crippen MR) is 57.5 cm³/mol. The maximum Gasteiger partial charge on any atom is 0.139 e. The summed E-state index contributed by atoms with van der Waals surface area (Å²) in [5.74, 6) is 0.848. The molecule has 0 radical (unpaired) electrons. The van der Waals surface area contributed by atoms with Crippen molar-refractivity contribution in [2.45, 2.75) is 46.1 Å². The Bertz CT molecular complexity index is 170. The van der Waals surface area contributed by atoms with Crippen molar-refractivity contribution in [1.29, 1.82) is 0 Å². The third-order valence-electron chi connectivity index (χ3n) is 2.28. The number of unbranched alkanes of at least 4 members (excludes halogenated alkanes) is 1. The van der Waals surface area contributed by atoms with Gasteiger partial charge in [-0.2, -0.15) is 0 Å². The van der Waals surface area contributed by atoms with Crippen molar-refractivity contribution in [2.75, 3.05) is 6.61 Å². The minimum atomic E-state index is 0.293. The van der Waals surface area contributed by atoms with Gasteiger partial charge >= 0.3 is 0 Å². The van der Waals surface area contributed by atoms with Gasteiger partial charge in [0.15, 0.2) is 0 Å². The number of nitrogens with zero attached hydrogens (tertiary/aromatic N) is 1. The maximum atomic E-state index is 8.28. The van der Waals surface area contributed by atoms with Gasteiger partial charge in [0, 0.05) is 13.0 Å². The van der Waals surface area contributed by atoms with E-state index in [4.69, 9.17) is 15.7 Å². The Morgan fingerprint density at radius 1 is 1.36 bits per heavy atom. The van der Waals surface area contributed by atoms with E-state index in [0.29, 0.717) is 24.3 Å². The van der Waals surface area contributed by atoms with E-state index >= 15 is 0 Å². The molecule has 0 aliphatic rings. The Kier molecular flexibility index (Phi) is 7.20. The Labute approximate surface area is 86.1 Å². The number of ether oxygens (including phenoxy) is 1. The van der Waals surface area contributed by atoms with Crippen LogP contribution < -0.4 is 5.73 Å². The van der Waals surface area contributed by atoms with Crippen LogP contribution in [0.15, 0.2) is 5.16 Å². The molecule has 0 fully saturated rings. The molecule has 1 atom stereocenters. The molecular formula is C10H22N2O2. The summed E-state index contributed by atoms with van der Waals surface area (Å²) in [6.45, 7) is 7.11. The second kappa shape index (κ2) is 7.62. The lowest BCUT2D eigenvalue weighted by molar-refractivity contribution is 0.0336. The summed E-state index contributed by atoms with van der Waals surface area (Å²) in [5.41, 5.74) is 5.32. The first-order chi connectivity index (χ1) is 6.57. The average Bonchev–Trinajstić information content (AvgIpc) is 2.16. The molecule has 1 unspecified atom stereocenters. The van der Waals surface area contributed by atoms with Gasteiger partial charge in [-0.3, -0.25) is 0 Å². The van der Waals surface area contributed by atoms with Gasteiger partial charge in [-0.15, -0.1) is 0 Å². The molecule has 0 amide bonds. The molecule has 0 aromatic carbocycles. The SMILES string of the molecule is CC(C)C(C)OCCCCC(N)=NO. The van der Waals surface area contributed by atoms with E-state index in [-0.39, 0.29) is 0 Å². The zero-order chi connectivity index (χ0) is 11.0. The third kappa shape index (κ3) is 6.71. The molecule has 0 spiro atoms. The number of oxime groups is 1. The summed E-state index contributed by atoms with van der Waals surface area (Å²) in [5, 5.41) is 11.2. The summed E-state index contributed by atoms with van der Waals surface area (Å²) < 4.78 is 5.58. The molecule has 0 aliphatic carbocycles. The van der Waals surface area contributed by atoms with Crippen molar-refractivity contribution in [3.63, 3.8) is 0 Å². The largest absolute Gasteiger partial charge is 0.409 e. The van der Waals surface area contributed by atoms with Crippen LogP contribution in [0.4, 0.5) is 0 Å². The molecule has 0 aliphatic heterocycles. The first-order valence-electron chi connectivity index (χ1n) is 5.16. The molecule has 0 saturated heterocycles. The van der Waals surface area contributed by atoms with Gasteiger partial charge < -0.3 is 15.7 Å². The normalized spacial score (nSPS) is 14.7. The van der Waals surface area contributed by atoms with Crippen molar-refractivity contribution in [3.05, 3.63) is 0 Å². The van der Waals surface area contributed by atoms with Crippen molar-refractivity contribution in [2.24, 2.45) is 16.8 Å². The van der Waals surface area contributed by atoms with Gasteiger partial charge in [0.1, 0.15) is 5.84 Å². The van der Waals surface area contributed by atoms with Crippen molar-refractivity contribution in [3.8, 4) is 0 Å². The standard InChI is InChI=1S/C10H22N2O2/c1-8(2)9(3)14-7-5-4-6-10(11)12-13/h8-9,13H,4-7H2,1-3H3,(H2,11,12). The van der Waals surface area contributed by atoms with Gasteiger partial charge in [0.25, 0.3) is 0 Å². The maximum absolute atomic E-state index is 8.28. The highest BCUT2D eigenvalue weighted by molar-refractivity contribution is 5.79. The second-order valence-electron chi connectivity index (χ2n) is 3.87. The lowest BCUT2D eigenvalue weighted by atomic mass is 10.1. The summed E-state index contributed by atoms with van der Waals surface area (Å²) in [7, 11) is 0. The molecule has 0 aromatic rings. The van der Waals surface area contributed by atoms with Crippen LogP contribution in [0, 0.1) is 5.92 Å². The van der Waals surface area contributed by atoms with E-state index < -0.39 is 0 Å². The molecule has 14 heavy (non-hydrogen) atoms. The minimum Gasteiger partial charge on any atom is -0.409 e. The fraction of sp³-hybridized carbons (Fsp3) is 0.900. The Balaban J connectivity index is 3.30. The topological polar surface area (TPSA) is 67.8 Å². The molecule has 0 heterocycles. The molecule has 0 rings (SSSR count). The first kappa shape index (κ1) is 13.2. The molecule has 84 valence electrons. The van der Waals surface area contributed by atoms with Crippen molar-refractivity contribution < 1.29 is 9.94 Å². The van der Waals surface area contributed by atoms with E-state index in [0.717, 1.165) is 19.4 Å². The van der Waals surface area contributed by atoms with E-state index in [1.807, 2.05) is 0 Å². The Hall–Kier alpha value is -0.770. The van der Waals surface area contributed by atoms with Crippen LogP contribution in [0.25, 0.3) is 0 Å². The molecule has 0 aromatic heterocycles. The summed E-state index contributed by atoms with van der Waals surface area (Å²) in [6, 6.07) is 0. The predicted octanol–water partition coefficient (Wildman–Crippen LogP) is 1.96. The smallest absolute Gasteiger partial charge is 0.139 e. The van der Waals surface area contributed by atoms with Crippen LogP contribution >= 0.6 is 0 Å². The second-order valence-corrected chi connectivity index (χ2v) is 3.87. The lowest BCUT2D eigenvalue weighted by Crippen LogP contribution is -2.16. The van der Waals surface area contributed by atoms with E-state index in [9.17, 15) is 0 Å². The van der Waals surface area contributed by atoms with Crippen LogP contribution in [-0.4, -0.2) is 23.8 Å². The fourth-order valence-electron chi connectivity index (χ4n) is 0.920. The lowest BCUT2D eigenvalue weighted by Gasteiger charge is -2.16. The van der Waals surface area contributed by atoms with E-state index in [2.05, 4.69) is 25.9 Å². The fourth-order valence-corrected chi connectivity index (χ4v) is 0.920. The number of amidine groups is 1. The molecule has 4 heteroatoms. The van der Waals surface area contributed by atoms with Crippen LogP contribution in [-0.2, 0) is 4.74 Å². The van der Waals surface area contributed by atoms with Gasteiger partial charge in [-0.05, 0) is 25.7 Å². The number of hydrogen-bond donors (Lipinski definition) is 2. The minimum absolute atomic E-state index is 0.293. The highest BCUT2D eigenvalue weighted by atomic mass is 16.5. The van der Waals surface area contributed by atoms with Crippen LogP contribution in [0.3, 0.4) is 0 Å². The number of rotatable bonds is 7. The Morgan fingerprint density at radius 3 is 2.50 bits per heavy atom. The summed E-state index contributed by atoms with van der Waals surface area (Å²) in [4.78, 5) is 0. The quantitative estimate of drug-likeness (QED) is 0.218. The van der Waals surface area contributed by atoms with Gasteiger partial charge in [0.2, 0.25) is 0 Å². The molecule has 3 N–H and O–H groups in total. The number of nitrogens with two attached hydrogens (primary N) is 1. The van der Waals surface area contributed by atoms with Gasteiger partial charge in [-0.25, -0.2) is 0 Å². The highest BCUT2D eigenvalue weighted by Crippen LogP contribution is 2.06. The summed E-state index contributed by atoms with van der Waals surface area (Å²) in [6.07, 6.45) is 2.79. The highest BCUT2D eigenvalue weighted by Gasteiger charge is 2.06. The van der Waals surface area contributed by atoms with Crippen molar-refractivity contribution >= 4 is 5.84 Å². The Morgan fingerprint density at radius 2 is 2.00 bits per heavy atom. The molecule has 0 saturated carbocycles. The summed E-state index contributed by atoms with van der Waals surface area (Å²) >= 11 is 0. The van der Waals surface area contributed by atoms with Gasteiger partial charge in [-0.1, -0.05) is 19.0 Å². The van der Waals surface area contributed by atoms with Gasteiger partial charge in [0.05, 0.1) is 6.10 Å². The third-order valence-corrected chi connectivity index (χ3v) is 2.28. The van der Waals surface area contributed by atoms with Crippen molar-refractivity contribution in [1.82, 2.24) is 0 Å².